The number of fused-ring (bicyclic) bond motifs is 10. The normalized spacial score (nSPS) is 46.1. The first-order valence-corrected chi connectivity index (χ1v) is 29.2. The van der Waals surface area contributed by atoms with Crippen molar-refractivity contribution in [1.82, 2.24) is 0 Å². The van der Waals surface area contributed by atoms with Crippen molar-refractivity contribution in [3.05, 3.63) is 11.8 Å². The summed E-state index contributed by atoms with van der Waals surface area (Å²) in [5.41, 5.74) is 1.42. The summed E-state index contributed by atoms with van der Waals surface area (Å²) in [5, 5.41) is 9.10. The number of carbonyl (C=O) groups is 3. The van der Waals surface area contributed by atoms with Crippen molar-refractivity contribution in [3.63, 3.8) is 0 Å². The van der Waals surface area contributed by atoms with Gasteiger partial charge in [0, 0.05) is 31.1 Å². The number of ether oxygens (including phenoxy) is 1. The van der Waals surface area contributed by atoms with Gasteiger partial charge in [-0.05, 0) is 208 Å². The lowest BCUT2D eigenvalue weighted by atomic mass is 9.43. The lowest BCUT2D eigenvalue weighted by Gasteiger charge is -2.60. The SMILES string of the molecule is COC(=O)CC[C@@H](C)C1CCC2C3C(O[Si](C)(C)C)=CC4C[C@H](C)CC[C@]4(C)C3CC[C@@]21C.C[C@@H]1CC[C@@]2(C)C(CC(=O)C3C2CC[C@@]2(C)C3CCC2[C@H](C)CCC(=O)O)C1. The lowest BCUT2D eigenvalue weighted by Crippen LogP contribution is -2.57. The number of carbonyl (C=O) groups excluding carboxylic acids is 2. The molecule has 0 aromatic heterocycles. The van der Waals surface area contributed by atoms with E-state index in [-0.39, 0.29) is 23.7 Å². The number of ketones is 1. The summed E-state index contributed by atoms with van der Waals surface area (Å²) in [4.78, 5) is 36.3. The van der Waals surface area contributed by atoms with E-state index >= 15 is 0 Å². The van der Waals surface area contributed by atoms with Gasteiger partial charge >= 0.3 is 11.9 Å². The summed E-state index contributed by atoms with van der Waals surface area (Å²) in [5.74, 6) is 9.98. The van der Waals surface area contributed by atoms with Gasteiger partial charge in [0.25, 0.3) is 0 Å². The number of carboxylic acids is 1. The van der Waals surface area contributed by atoms with Crippen molar-refractivity contribution < 1.29 is 28.7 Å². The van der Waals surface area contributed by atoms with Crippen molar-refractivity contribution in [1.29, 1.82) is 0 Å². The number of carboxylic acid groups (broad SMARTS) is 1. The third-order valence-electron chi connectivity index (χ3n) is 21.0. The third-order valence-corrected chi connectivity index (χ3v) is 21.9. The smallest absolute Gasteiger partial charge is 0.305 e. The van der Waals surface area contributed by atoms with Crippen LogP contribution in [0.25, 0.3) is 0 Å². The van der Waals surface area contributed by atoms with Crippen molar-refractivity contribution in [2.24, 2.45) is 105 Å². The fourth-order valence-electron chi connectivity index (χ4n) is 17.6. The first-order chi connectivity index (χ1) is 28.6. The molecule has 0 saturated heterocycles. The van der Waals surface area contributed by atoms with Gasteiger partial charge in [-0.2, -0.15) is 0 Å². The Kier molecular flexibility index (Phi) is 13.7. The molecule has 8 rings (SSSR count). The second-order valence-corrected chi connectivity index (χ2v) is 29.9. The van der Waals surface area contributed by atoms with E-state index in [4.69, 9.17) is 14.3 Å². The van der Waals surface area contributed by atoms with Crippen LogP contribution in [0.5, 0.6) is 0 Å². The highest BCUT2D eigenvalue weighted by Crippen LogP contribution is 2.70. The molecule has 0 bridgehead atoms. The van der Waals surface area contributed by atoms with Crippen molar-refractivity contribution >= 4 is 26.0 Å². The highest BCUT2D eigenvalue weighted by atomic mass is 28.4. The number of esters is 1. The number of methoxy groups -OCH3 is 1. The molecule has 1 N–H and O–H groups in total. The van der Waals surface area contributed by atoms with Crippen LogP contribution in [0.1, 0.15) is 177 Å². The van der Waals surface area contributed by atoms with Gasteiger partial charge in [-0.25, -0.2) is 0 Å². The molecule has 0 aromatic rings. The van der Waals surface area contributed by atoms with Gasteiger partial charge in [-0.15, -0.1) is 0 Å². The summed E-state index contributed by atoms with van der Waals surface area (Å²) in [6, 6.07) is 0. The lowest BCUT2D eigenvalue weighted by molar-refractivity contribution is -0.158. The zero-order valence-corrected chi connectivity index (χ0v) is 42.1. The van der Waals surface area contributed by atoms with Gasteiger partial charge in [-0.1, -0.05) is 68.2 Å². The molecule has 8 aliphatic rings. The van der Waals surface area contributed by atoms with E-state index in [0.717, 1.165) is 42.9 Å². The predicted octanol–water partition coefficient (Wildman–Crippen LogP) is 13.8. The third kappa shape index (κ3) is 8.78. The van der Waals surface area contributed by atoms with Crippen LogP contribution in [0, 0.1) is 105 Å². The van der Waals surface area contributed by atoms with Crippen LogP contribution in [0.15, 0.2) is 11.8 Å². The van der Waals surface area contributed by atoms with Gasteiger partial charge in [0.05, 0.1) is 12.9 Å². The number of Topliss-reactive ketones (excluding diaryl/α,β-unsaturated/α-hetero) is 1. The largest absolute Gasteiger partial charge is 0.547 e. The molecule has 61 heavy (non-hydrogen) atoms. The number of hydrogen-bond acceptors (Lipinski definition) is 5. The van der Waals surface area contributed by atoms with Gasteiger partial charge in [0.15, 0.2) is 0 Å². The first-order valence-electron chi connectivity index (χ1n) is 25.8. The van der Waals surface area contributed by atoms with Gasteiger partial charge in [-0.3, -0.25) is 14.4 Å². The van der Waals surface area contributed by atoms with Crippen molar-refractivity contribution in [2.75, 3.05) is 7.11 Å². The Hall–Kier alpha value is -1.63. The molecule has 0 radical (unpaired) electrons. The second kappa shape index (κ2) is 17.6. The molecule has 0 heterocycles. The Labute approximate surface area is 373 Å². The quantitative estimate of drug-likeness (QED) is 0.174. The summed E-state index contributed by atoms with van der Waals surface area (Å²) < 4.78 is 11.9. The van der Waals surface area contributed by atoms with Gasteiger partial charge in [0.1, 0.15) is 5.78 Å². The van der Waals surface area contributed by atoms with Crippen LogP contribution < -0.4 is 0 Å². The Bertz CT molecular complexity index is 1650. The Balaban J connectivity index is 0.000000186. The fraction of sp³-hybridized carbons (Fsp3) is 0.907. The zero-order valence-electron chi connectivity index (χ0n) is 41.1. The molecule has 0 amide bonds. The van der Waals surface area contributed by atoms with Crippen LogP contribution in [-0.2, 0) is 23.5 Å². The maximum absolute atomic E-state index is 13.4. The van der Waals surface area contributed by atoms with E-state index in [2.05, 4.69) is 81.1 Å². The molecule has 10 unspecified atom stereocenters. The minimum absolute atomic E-state index is 0.0585. The number of hydrogen-bond donors (Lipinski definition) is 1. The average Bonchev–Trinajstić information content (AvgIpc) is 3.73. The highest BCUT2D eigenvalue weighted by molar-refractivity contribution is 6.70. The molecule has 18 atom stereocenters. The molecular weight excluding hydrogens is 773 g/mol. The Morgan fingerprint density at radius 3 is 1.75 bits per heavy atom. The number of allylic oxidation sites excluding steroid dienone is 2. The van der Waals surface area contributed by atoms with Crippen LogP contribution in [0.2, 0.25) is 19.6 Å². The highest BCUT2D eigenvalue weighted by Gasteiger charge is 2.64. The molecular formula is C54H90O6Si. The molecule has 0 aliphatic heterocycles. The Morgan fingerprint density at radius 1 is 0.705 bits per heavy atom. The second-order valence-electron chi connectivity index (χ2n) is 25.5. The fourth-order valence-corrected chi connectivity index (χ4v) is 18.5. The minimum atomic E-state index is -1.68. The predicted molar refractivity (Wildman–Crippen MR) is 249 cm³/mol. The van der Waals surface area contributed by atoms with E-state index < -0.39 is 14.3 Å². The maximum atomic E-state index is 13.4. The summed E-state index contributed by atoms with van der Waals surface area (Å²) in [7, 11) is -0.165. The molecule has 0 spiro atoms. The molecule has 7 heteroatoms. The maximum Gasteiger partial charge on any atom is 0.305 e. The first kappa shape index (κ1) is 47.3. The summed E-state index contributed by atoms with van der Waals surface area (Å²) in [6.45, 7) is 26.8. The molecule has 6 nitrogen and oxygen atoms in total. The molecule has 7 saturated carbocycles. The van der Waals surface area contributed by atoms with Gasteiger partial charge in [0.2, 0.25) is 8.32 Å². The molecule has 8 aliphatic carbocycles. The number of rotatable bonds is 10. The minimum Gasteiger partial charge on any atom is -0.547 e. The summed E-state index contributed by atoms with van der Waals surface area (Å²) in [6.07, 6.45) is 24.2. The van der Waals surface area contributed by atoms with Crippen molar-refractivity contribution in [2.45, 2.75) is 197 Å². The average molecular weight is 863 g/mol. The summed E-state index contributed by atoms with van der Waals surface area (Å²) >= 11 is 0. The van der Waals surface area contributed by atoms with E-state index in [1.54, 1.807) is 0 Å². The molecule has 0 aromatic carbocycles. The van der Waals surface area contributed by atoms with E-state index in [0.29, 0.717) is 81.7 Å². The Morgan fingerprint density at radius 2 is 1.20 bits per heavy atom. The van der Waals surface area contributed by atoms with E-state index in [1.165, 1.54) is 103 Å². The number of aliphatic carboxylic acids is 1. The topological polar surface area (TPSA) is 89.9 Å². The molecule has 7 fully saturated rings. The van der Waals surface area contributed by atoms with Crippen molar-refractivity contribution in [3.8, 4) is 0 Å². The standard InChI is InChI=1S/C29H50O3Si.C25H40O3/c1-19-13-15-28(3)21(17-19)18-25(32-33(6,7)8)27-23-11-10-22(20(2)9-12-26(30)31-5)29(23,4)16-14-24(27)28;1-15-9-11-24(3)17(13-15)14-21(26)23-19-7-6-18(16(2)5-8-22(27)28)25(19,4)12-10-20(23)24/h18-24,27H,9-17H2,1-8H3;15-20,23H,5-14H2,1-4H3,(H,27,28)/t19-,20-,21?,22?,23?,24?,27?,28+,29-;15-,16-,17?,18?,19?,20?,23?,24+,25-/m11/s1. The van der Waals surface area contributed by atoms with Crippen LogP contribution >= 0.6 is 0 Å². The molecule has 346 valence electrons. The van der Waals surface area contributed by atoms with Crippen LogP contribution in [0.4, 0.5) is 0 Å². The van der Waals surface area contributed by atoms with Crippen LogP contribution in [0.3, 0.4) is 0 Å². The van der Waals surface area contributed by atoms with Gasteiger partial charge < -0.3 is 14.3 Å². The van der Waals surface area contributed by atoms with E-state index in [1.807, 2.05) is 0 Å². The van der Waals surface area contributed by atoms with E-state index in [9.17, 15) is 14.4 Å². The monoisotopic (exact) mass is 863 g/mol. The zero-order chi connectivity index (χ0) is 44.4. The van der Waals surface area contributed by atoms with Crippen LogP contribution in [-0.4, -0.2) is 38.3 Å².